The molecule has 0 aromatic heterocycles. The number of ketones is 2. The van der Waals surface area contributed by atoms with Crippen LogP contribution in [0.15, 0.2) is 71.4 Å². The second kappa shape index (κ2) is 10.7. The summed E-state index contributed by atoms with van der Waals surface area (Å²) in [7, 11) is 0. The molecule has 0 bridgehead atoms. The first-order valence-electron chi connectivity index (χ1n) is 18.2. The van der Waals surface area contributed by atoms with Crippen LogP contribution in [0, 0.1) is 45.3 Å². The van der Waals surface area contributed by atoms with E-state index in [0.717, 1.165) is 5.56 Å². The average molecular weight is 669 g/mol. The Morgan fingerprint density at radius 1 is 0.980 bits per heavy atom. The third-order valence-corrected chi connectivity index (χ3v) is 14.9. The number of carbonyl (C=O) groups excluding carboxylic acids is 2. The minimum absolute atomic E-state index is 0.0299. The number of aliphatic carboxylic acids is 1. The van der Waals surface area contributed by atoms with Crippen molar-refractivity contribution in [3.63, 3.8) is 0 Å². The molecule has 10 unspecified atom stereocenters. The molecule has 7 nitrogen and oxygen atoms in total. The maximum Gasteiger partial charge on any atom is 0.331 e. The summed E-state index contributed by atoms with van der Waals surface area (Å²) in [5.74, 6) is -2.22. The number of hydrogen-bond donors (Lipinski definition) is 4. The molecule has 6 aliphatic rings. The van der Waals surface area contributed by atoms with Crippen molar-refractivity contribution in [3.05, 3.63) is 76.9 Å². The summed E-state index contributed by atoms with van der Waals surface area (Å²) in [5.41, 5.74) is -5.24. The molecule has 0 spiro atoms. The SMILES string of the molecule is CC(CC1(O)C=C(C(=O)O)CCC1)C1CC2(O)C=CC3(O)C4=C(C(=O)CC1(C)C42C)C1(C)CCC(=O)C(C)(C)C1C3C=Cc1ccccc1. The third kappa shape index (κ3) is 4.47. The van der Waals surface area contributed by atoms with Gasteiger partial charge in [0.25, 0.3) is 0 Å². The van der Waals surface area contributed by atoms with Gasteiger partial charge in [-0.1, -0.05) is 90.1 Å². The summed E-state index contributed by atoms with van der Waals surface area (Å²) in [6, 6.07) is 9.88. The lowest BCUT2D eigenvalue weighted by molar-refractivity contribution is -0.161. The molecule has 2 saturated carbocycles. The molecule has 7 heteroatoms. The fourth-order valence-corrected chi connectivity index (χ4v) is 12.5. The number of carboxylic acids is 1. The Kier molecular flexibility index (Phi) is 7.49. The standard InChI is InChI=1S/C42H52O7/c1-25(21-40(47)17-10-13-27(22-40)35(45)46)29-23-41(48)19-20-42(49)28(15-14-26-11-8-7-9-12-26)33-36(2,3)31(44)16-18-37(33,4)32-30(43)24-38(29,5)39(41,6)34(32)42/h7-9,11-12,14-15,19-20,22,25,28-29,33,47-49H,10,13,16-18,21,23-24H2,1-6H3,(H,45,46). The summed E-state index contributed by atoms with van der Waals surface area (Å²) in [6.07, 6.45) is 12.2. The number of benzene rings is 1. The average Bonchev–Trinajstić information content (AvgIpc) is 3.21. The molecule has 10 atom stereocenters. The zero-order chi connectivity index (χ0) is 35.6. The number of allylic oxidation sites excluding steroid dienone is 1. The van der Waals surface area contributed by atoms with Crippen LogP contribution in [0.1, 0.15) is 98.5 Å². The summed E-state index contributed by atoms with van der Waals surface area (Å²) < 4.78 is 0. The van der Waals surface area contributed by atoms with Crippen molar-refractivity contribution in [3.8, 4) is 0 Å². The van der Waals surface area contributed by atoms with Gasteiger partial charge in [0.2, 0.25) is 0 Å². The van der Waals surface area contributed by atoms with Crippen LogP contribution in [0.2, 0.25) is 0 Å². The van der Waals surface area contributed by atoms with Crippen LogP contribution in [0.25, 0.3) is 6.08 Å². The topological polar surface area (TPSA) is 132 Å². The largest absolute Gasteiger partial charge is 0.478 e. The van der Waals surface area contributed by atoms with Gasteiger partial charge in [0.15, 0.2) is 5.78 Å². The normalized spacial score (nSPS) is 44.4. The van der Waals surface area contributed by atoms with E-state index in [-0.39, 0.29) is 41.3 Å². The third-order valence-electron chi connectivity index (χ3n) is 14.9. The van der Waals surface area contributed by atoms with Crippen molar-refractivity contribution >= 4 is 23.6 Å². The number of hydrogen-bond acceptors (Lipinski definition) is 6. The van der Waals surface area contributed by atoms with E-state index in [9.17, 15) is 34.8 Å². The molecular weight excluding hydrogens is 616 g/mol. The summed E-state index contributed by atoms with van der Waals surface area (Å²) >= 11 is 0. The van der Waals surface area contributed by atoms with Gasteiger partial charge in [-0.15, -0.1) is 0 Å². The van der Waals surface area contributed by atoms with Gasteiger partial charge >= 0.3 is 5.97 Å². The van der Waals surface area contributed by atoms with Gasteiger partial charge < -0.3 is 20.4 Å². The molecule has 0 radical (unpaired) electrons. The van der Waals surface area contributed by atoms with Crippen molar-refractivity contribution in [2.75, 3.05) is 0 Å². The monoisotopic (exact) mass is 668 g/mol. The van der Waals surface area contributed by atoms with E-state index in [2.05, 4.69) is 13.8 Å². The van der Waals surface area contributed by atoms with E-state index in [1.54, 1.807) is 12.2 Å². The molecule has 1 aromatic carbocycles. The summed E-state index contributed by atoms with van der Waals surface area (Å²) in [4.78, 5) is 40.4. The molecule has 1 aromatic rings. The smallest absolute Gasteiger partial charge is 0.331 e. The highest BCUT2D eigenvalue weighted by Crippen LogP contribution is 2.78. The van der Waals surface area contributed by atoms with Gasteiger partial charge in [-0.2, -0.15) is 0 Å². The molecular formula is C42H52O7. The van der Waals surface area contributed by atoms with E-state index in [0.29, 0.717) is 56.1 Å². The van der Waals surface area contributed by atoms with E-state index >= 15 is 0 Å². The first kappa shape index (κ1) is 34.3. The highest BCUT2D eigenvalue weighted by atomic mass is 16.4. The summed E-state index contributed by atoms with van der Waals surface area (Å²) in [5, 5.41) is 47.5. The zero-order valence-electron chi connectivity index (χ0n) is 29.8. The highest BCUT2D eigenvalue weighted by molar-refractivity contribution is 6.02. The van der Waals surface area contributed by atoms with Gasteiger partial charge in [-0.25, -0.2) is 4.79 Å². The molecule has 0 saturated heterocycles. The quantitative estimate of drug-likeness (QED) is 0.250. The Bertz CT molecular complexity index is 1750. The Balaban J connectivity index is 1.40. The van der Waals surface area contributed by atoms with Crippen LogP contribution in [-0.2, 0) is 14.4 Å². The van der Waals surface area contributed by atoms with Crippen LogP contribution < -0.4 is 0 Å². The van der Waals surface area contributed by atoms with Crippen molar-refractivity contribution in [1.29, 1.82) is 0 Å². The fraction of sp³-hybridized carbons (Fsp3) is 0.595. The van der Waals surface area contributed by atoms with Gasteiger partial charge in [-0.05, 0) is 85.0 Å². The van der Waals surface area contributed by atoms with Crippen molar-refractivity contribution in [1.82, 2.24) is 0 Å². The lowest BCUT2D eigenvalue weighted by Gasteiger charge is -2.68. The number of aliphatic hydroxyl groups is 3. The molecule has 7 rings (SSSR count). The second-order valence-electron chi connectivity index (χ2n) is 17.7. The predicted octanol–water partition coefficient (Wildman–Crippen LogP) is 6.63. The molecule has 0 amide bonds. The van der Waals surface area contributed by atoms with E-state index in [4.69, 9.17) is 0 Å². The van der Waals surface area contributed by atoms with Gasteiger partial charge in [0, 0.05) is 46.2 Å². The number of rotatable bonds is 6. The van der Waals surface area contributed by atoms with Gasteiger partial charge in [0.1, 0.15) is 11.4 Å². The van der Waals surface area contributed by atoms with Crippen molar-refractivity contribution < 1.29 is 34.8 Å². The minimum Gasteiger partial charge on any atom is -0.478 e. The maximum absolute atomic E-state index is 14.9. The molecule has 0 heterocycles. The Hall–Kier alpha value is -3.13. The molecule has 0 aliphatic heterocycles. The molecule has 262 valence electrons. The van der Waals surface area contributed by atoms with E-state index in [1.807, 2.05) is 70.2 Å². The Morgan fingerprint density at radius 3 is 2.35 bits per heavy atom. The minimum atomic E-state index is -1.63. The first-order valence-corrected chi connectivity index (χ1v) is 18.2. The zero-order valence-corrected chi connectivity index (χ0v) is 29.8. The Morgan fingerprint density at radius 2 is 1.67 bits per heavy atom. The maximum atomic E-state index is 14.9. The van der Waals surface area contributed by atoms with Crippen LogP contribution in [0.5, 0.6) is 0 Å². The number of carboxylic acid groups (broad SMARTS) is 1. The fourth-order valence-electron chi connectivity index (χ4n) is 12.5. The second-order valence-corrected chi connectivity index (χ2v) is 17.7. The van der Waals surface area contributed by atoms with Gasteiger partial charge in [0.05, 0.1) is 11.2 Å². The first-order chi connectivity index (χ1) is 22.8. The number of carbonyl (C=O) groups is 3. The molecule has 6 aliphatic carbocycles. The molecule has 2 fully saturated rings. The lowest BCUT2D eigenvalue weighted by atomic mass is 9.36. The van der Waals surface area contributed by atoms with Crippen molar-refractivity contribution in [2.45, 2.75) is 110 Å². The van der Waals surface area contributed by atoms with Crippen LogP contribution in [0.3, 0.4) is 0 Å². The summed E-state index contributed by atoms with van der Waals surface area (Å²) in [6.45, 7) is 12.2. The predicted molar refractivity (Wildman–Crippen MR) is 187 cm³/mol. The number of fused-ring (bicyclic) bond motifs is 2. The number of Topliss-reactive ketones (excluding diaryl/α,β-unsaturated/α-hetero) is 2. The van der Waals surface area contributed by atoms with Crippen LogP contribution in [-0.4, -0.2) is 54.8 Å². The van der Waals surface area contributed by atoms with Crippen LogP contribution in [0.4, 0.5) is 0 Å². The Labute approximate surface area is 289 Å². The van der Waals surface area contributed by atoms with Crippen molar-refractivity contribution in [2.24, 2.45) is 45.3 Å². The lowest BCUT2D eigenvalue weighted by Crippen LogP contribution is -2.69. The highest BCUT2D eigenvalue weighted by Gasteiger charge is 2.78. The molecule has 4 N–H and O–H groups in total. The van der Waals surface area contributed by atoms with Gasteiger partial charge in [-0.3, -0.25) is 9.59 Å². The van der Waals surface area contributed by atoms with Crippen LogP contribution >= 0.6 is 0 Å². The van der Waals surface area contributed by atoms with E-state index < -0.39 is 50.4 Å². The van der Waals surface area contributed by atoms with E-state index in [1.165, 1.54) is 6.08 Å². The molecule has 49 heavy (non-hydrogen) atoms.